The molecule has 20 heavy (non-hydrogen) atoms. The van der Waals surface area contributed by atoms with Gasteiger partial charge in [-0.2, -0.15) is 0 Å². The van der Waals surface area contributed by atoms with Crippen LogP contribution in [-0.2, 0) is 19.0 Å². The molecule has 0 aromatic heterocycles. The van der Waals surface area contributed by atoms with Crippen LogP contribution >= 0.6 is 0 Å². The summed E-state index contributed by atoms with van der Waals surface area (Å²) in [6, 6.07) is 0. The van der Waals surface area contributed by atoms with Gasteiger partial charge >= 0.3 is 5.97 Å². The number of ether oxygens (including phenoxy) is 3. The molecule has 118 valence electrons. The van der Waals surface area contributed by atoms with Crippen molar-refractivity contribution in [3.8, 4) is 0 Å². The summed E-state index contributed by atoms with van der Waals surface area (Å²) in [6.45, 7) is 9.36. The lowest BCUT2D eigenvalue weighted by molar-refractivity contribution is -0.158. The van der Waals surface area contributed by atoms with Crippen LogP contribution in [0.1, 0.15) is 53.4 Å². The van der Waals surface area contributed by atoms with E-state index in [0.29, 0.717) is 18.6 Å². The highest BCUT2D eigenvalue weighted by Crippen LogP contribution is 2.40. The Hall–Kier alpha value is -0.610. The van der Waals surface area contributed by atoms with Crippen LogP contribution in [-0.4, -0.2) is 32.6 Å². The molecule has 4 heteroatoms. The lowest BCUT2D eigenvalue weighted by Gasteiger charge is -2.36. The van der Waals surface area contributed by atoms with Crippen LogP contribution in [0.25, 0.3) is 0 Å². The summed E-state index contributed by atoms with van der Waals surface area (Å²) >= 11 is 0. The monoisotopic (exact) mass is 286 g/mol. The average Bonchev–Trinajstić information content (AvgIpc) is 2.42. The van der Waals surface area contributed by atoms with Crippen molar-refractivity contribution in [3.05, 3.63) is 0 Å². The molecule has 1 saturated carbocycles. The van der Waals surface area contributed by atoms with Gasteiger partial charge < -0.3 is 14.2 Å². The molecule has 0 N–H and O–H groups in total. The van der Waals surface area contributed by atoms with Crippen molar-refractivity contribution in [1.29, 1.82) is 0 Å². The van der Waals surface area contributed by atoms with E-state index in [1.165, 1.54) is 0 Å². The van der Waals surface area contributed by atoms with Crippen LogP contribution < -0.4 is 0 Å². The molecule has 0 saturated heterocycles. The zero-order chi connectivity index (χ0) is 15.2. The van der Waals surface area contributed by atoms with Gasteiger partial charge in [0.25, 0.3) is 0 Å². The zero-order valence-electron chi connectivity index (χ0n) is 13.6. The third-order valence-electron chi connectivity index (χ3n) is 4.30. The van der Waals surface area contributed by atoms with Crippen molar-refractivity contribution >= 4 is 5.97 Å². The maximum atomic E-state index is 12.0. The van der Waals surface area contributed by atoms with Crippen molar-refractivity contribution in [1.82, 2.24) is 0 Å². The minimum absolute atomic E-state index is 0.0639. The van der Waals surface area contributed by atoms with Gasteiger partial charge in [-0.3, -0.25) is 4.79 Å². The van der Waals surface area contributed by atoms with Crippen LogP contribution in [0.2, 0.25) is 0 Å². The quantitative estimate of drug-likeness (QED) is 0.426. The first kappa shape index (κ1) is 17.4. The smallest absolute Gasteiger partial charge is 0.309 e. The molecule has 0 aromatic carbocycles. The topological polar surface area (TPSA) is 44.8 Å². The predicted octanol–water partition coefficient (Wildman–Crippen LogP) is 3.39. The highest BCUT2D eigenvalue weighted by molar-refractivity contribution is 5.72. The third kappa shape index (κ3) is 5.80. The molecule has 1 rings (SSSR count). The second-order valence-corrected chi connectivity index (χ2v) is 6.76. The molecule has 4 nitrogen and oxygen atoms in total. The second-order valence-electron chi connectivity index (χ2n) is 6.76. The van der Waals surface area contributed by atoms with Crippen molar-refractivity contribution in [2.45, 2.75) is 59.7 Å². The molecule has 1 fully saturated rings. The number of hydrogen-bond acceptors (Lipinski definition) is 4. The minimum Gasteiger partial charge on any atom is -0.463 e. The molecule has 1 aliphatic carbocycles. The Kier molecular flexibility index (Phi) is 6.96. The Bertz CT molecular complexity index is 287. The maximum absolute atomic E-state index is 12.0. The molecule has 0 aliphatic heterocycles. The Morgan fingerprint density at radius 3 is 2.25 bits per heavy atom. The molecule has 1 aliphatic rings. The first-order valence-electron chi connectivity index (χ1n) is 7.65. The molecule has 0 bridgehead atoms. The molecule has 0 aromatic rings. The van der Waals surface area contributed by atoms with E-state index in [0.717, 1.165) is 31.6 Å². The van der Waals surface area contributed by atoms with Gasteiger partial charge in [0.1, 0.15) is 6.61 Å². The van der Waals surface area contributed by atoms with Crippen LogP contribution in [0.15, 0.2) is 0 Å². The van der Waals surface area contributed by atoms with E-state index in [-0.39, 0.29) is 18.2 Å². The van der Waals surface area contributed by atoms with Gasteiger partial charge in [0.15, 0.2) is 6.29 Å². The SMILES string of the molecule is COC(C)OCCOC(=O)C1CCC(C(C)(C)C)CC1. The fraction of sp³-hybridized carbons (Fsp3) is 0.938. The summed E-state index contributed by atoms with van der Waals surface area (Å²) in [6.07, 6.45) is 3.91. The van der Waals surface area contributed by atoms with Gasteiger partial charge in [-0.15, -0.1) is 0 Å². The van der Waals surface area contributed by atoms with E-state index in [4.69, 9.17) is 14.2 Å². The standard InChI is InChI=1S/C16H30O4/c1-12(18-5)19-10-11-20-15(17)13-6-8-14(9-7-13)16(2,3)4/h12-14H,6-11H2,1-5H3. The molecular formula is C16H30O4. The summed E-state index contributed by atoms with van der Waals surface area (Å²) in [5.41, 5.74) is 0.346. The first-order valence-corrected chi connectivity index (χ1v) is 7.65. The fourth-order valence-electron chi connectivity index (χ4n) is 2.74. The Labute approximate surface area is 123 Å². The normalized spacial score (nSPS) is 25.2. The highest BCUT2D eigenvalue weighted by Gasteiger charge is 2.32. The summed E-state index contributed by atoms with van der Waals surface area (Å²) < 4.78 is 15.5. The number of methoxy groups -OCH3 is 1. The van der Waals surface area contributed by atoms with Crippen molar-refractivity contribution in [2.75, 3.05) is 20.3 Å². The molecule has 0 heterocycles. The third-order valence-corrected chi connectivity index (χ3v) is 4.30. The van der Waals surface area contributed by atoms with E-state index in [1.54, 1.807) is 7.11 Å². The molecule has 1 unspecified atom stereocenters. The van der Waals surface area contributed by atoms with Crippen molar-refractivity contribution < 1.29 is 19.0 Å². The average molecular weight is 286 g/mol. The molecule has 1 atom stereocenters. The van der Waals surface area contributed by atoms with Gasteiger partial charge in [0, 0.05) is 7.11 Å². The number of hydrogen-bond donors (Lipinski definition) is 0. The maximum Gasteiger partial charge on any atom is 0.309 e. The van der Waals surface area contributed by atoms with E-state index < -0.39 is 0 Å². The summed E-state index contributed by atoms with van der Waals surface area (Å²) in [5, 5.41) is 0. The van der Waals surface area contributed by atoms with Crippen molar-refractivity contribution in [2.24, 2.45) is 17.3 Å². The zero-order valence-corrected chi connectivity index (χ0v) is 13.6. The van der Waals surface area contributed by atoms with E-state index in [2.05, 4.69) is 20.8 Å². The number of rotatable bonds is 6. The molecule has 0 amide bonds. The highest BCUT2D eigenvalue weighted by atomic mass is 16.7. The second kappa shape index (κ2) is 7.99. The van der Waals surface area contributed by atoms with Crippen LogP contribution in [0.3, 0.4) is 0 Å². The van der Waals surface area contributed by atoms with E-state index in [9.17, 15) is 4.79 Å². The van der Waals surface area contributed by atoms with Gasteiger partial charge in [-0.25, -0.2) is 0 Å². The van der Waals surface area contributed by atoms with E-state index in [1.807, 2.05) is 6.92 Å². The largest absolute Gasteiger partial charge is 0.463 e. The lowest BCUT2D eigenvalue weighted by atomic mass is 9.70. The predicted molar refractivity (Wildman–Crippen MR) is 78.3 cm³/mol. The van der Waals surface area contributed by atoms with Gasteiger partial charge in [-0.05, 0) is 43.9 Å². The van der Waals surface area contributed by atoms with Crippen LogP contribution in [0, 0.1) is 17.3 Å². The number of carbonyl (C=O) groups is 1. The van der Waals surface area contributed by atoms with Crippen LogP contribution in [0.4, 0.5) is 0 Å². The number of carbonyl (C=O) groups excluding carboxylic acids is 1. The fourth-order valence-corrected chi connectivity index (χ4v) is 2.74. The Morgan fingerprint density at radius 2 is 1.75 bits per heavy atom. The van der Waals surface area contributed by atoms with E-state index >= 15 is 0 Å². The Balaban J connectivity index is 2.19. The Morgan fingerprint density at radius 1 is 1.15 bits per heavy atom. The summed E-state index contributed by atoms with van der Waals surface area (Å²) in [4.78, 5) is 12.0. The van der Waals surface area contributed by atoms with Crippen molar-refractivity contribution in [3.63, 3.8) is 0 Å². The first-order chi connectivity index (χ1) is 9.34. The van der Waals surface area contributed by atoms with Gasteiger partial charge in [0.2, 0.25) is 0 Å². The number of esters is 1. The summed E-state index contributed by atoms with van der Waals surface area (Å²) in [7, 11) is 1.59. The molecular weight excluding hydrogens is 256 g/mol. The summed E-state index contributed by atoms with van der Waals surface area (Å²) in [5.74, 6) is 0.733. The molecule has 0 radical (unpaired) electrons. The lowest BCUT2D eigenvalue weighted by Crippen LogP contribution is -2.30. The van der Waals surface area contributed by atoms with Gasteiger partial charge in [0.05, 0.1) is 12.5 Å². The van der Waals surface area contributed by atoms with Crippen LogP contribution in [0.5, 0.6) is 0 Å². The molecule has 0 spiro atoms. The minimum atomic E-state index is -0.254. The van der Waals surface area contributed by atoms with Gasteiger partial charge in [-0.1, -0.05) is 20.8 Å².